The topological polar surface area (TPSA) is 53.7 Å². The van der Waals surface area contributed by atoms with Gasteiger partial charge in [0.1, 0.15) is 0 Å². The molecule has 0 aliphatic heterocycles. The maximum absolute atomic E-state index is 4.45. The summed E-state index contributed by atoms with van der Waals surface area (Å²) in [4.78, 5) is 0. The van der Waals surface area contributed by atoms with Gasteiger partial charge in [-0.15, -0.1) is 0 Å². The highest BCUT2D eigenvalue weighted by Gasteiger charge is 2.11. The van der Waals surface area contributed by atoms with Crippen LogP contribution in [0.3, 0.4) is 0 Å². The summed E-state index contributed by atoms with van der Waals surface area (Å²) < 4.78 is 2.46. The smallest absolute Gasteiger partial charge is 0.0561 e. The van der Waals surface area contributed by atoms with Crippen molar-refractivity contribution in [1.82, 2.24) is 4.57 Å². The number of nitrogens with one attached hydrogen (secondary N) is 2. The van der Waals surface area contributed by atoms with Crippen LogP contribution in [0, 0.1) is 0 Å². The van der Waals surface area contributed by atoms with Gasteiger partial charge in [0, 0.05) is 28.4 Å². The molecule has 0 spiro atoms. The third-order valence-corrected chi connectivity index (χ3v) is 6.51. The monoisotopic (exact) mass is 487 g/mol. The van der Waals surface area contributed by atoms with Gasteiger partial charge >= 0.3 is 0 Å². The molecule has 186 valence electrons. The average Bonchev–Trinajstić information content (AvgIpc) is 3.24. The minimum Gasteiger partial charge on any atom is -0.340 e. The van der Waals surface area contributed by atoms with Crippen LogP contribution in [0.1, 0.15) is 43.7 Å². The summed E-state index contributed by atoms with van der Waals surface area (Å²) in [5.41, 5.74) is 12.8. The van der Waals surface area contributed by atoms with Crippen LogP contribution in [0.5, 0.6) is 0 Å². The lowest BCUT2D eigenvalue weighted by molar-refractivity contribution is 0.602. The Bertz CT molecular complexity index is 1390. The third kappa shape index (κ3) is 6.07. The maximum Gasteiger partial charge on any atom is 0.0561 e. The molecular formula is C32H33N5. The summed E-state index contributed by atoms with van der Waals surface area (Å²) in [5.74, 6) is 0. The Kier molecular flexibility index (Phi) is 7.91. The molecule has 5 heteroatoms. The highest BCUT2D eigenvalue weighted by molar-refractivity contribution is 6.10. The molecule has 0 saturated heterocycles. The highest BCUT2D eigenvalue weighted by Crippen LogP contribution is 2.31. The number of unbranched alkanes of at least 4 members (excludes halogenated alkanes) is 3. The number of fused-ring (bicyclic) bond motifs is 3. The van der Waals surface area contributed by atoms with E-state index in [2.05, 4.69) is 68.9 Å². The average molecular weight is 488 g/mol. The van der Waals surface area contributed by atoms with Gasteiger partial charge in [-0.2, -0.15) is 10.2 Å². The molecule has 5 nitrogen and oxygen atoms in total. The zero-order chi connectivity index (χ0) is 25.3. The minimum atomic E-state index is 0.969. The standard InChI is InChI=1S/C32H33N5/c1-2-3-4-11-20-37-31-18-16-25(23-33-35-27-12-7-5-8-13-27)21-29(31)30-22-26(17-19-32(30)37)24-34-36-28-14-9-6-10-15-28/h5-10,12-19,21-24,35-36H,2-4,11,20H2,1H3. The Hall–Kier alpha value is -4.38. The molecule has 37 heavy (non-hydrogen) atoms. The van der Waals surface area contributed by atoms with Crippen LogP contribution in [0.25, 0.3) is 21.8 Å². The molecule has 0 radical (unpaired) electrons. The molecule has 0 unspecified atom stereocenters. The maximum atomic E-state index is 4.45. The zero-order valence-corrected chi connectivity index (χ0v) is 21.3. The van der Waals surface area contributed by atoms with Crippen molar-refractivity contribution in [1.29, 1.82) is 0 Å². The lowest BCUT2D eigenvalue weighted by Gasteiger charge is -2.07. The van der Waals surface area contributed by atoms with Gasteiger partial charge in [0.15, 0.2) is 0 Å². The quantitative estimate of drug-likeness (QED) is 0.112. The second-order valence-electron chi connectivity index (χ2n) is 9.24. The molecular weight excluding hydrogens is 454 g/mol. The van der Waals surface area contributed by atoms with Gasteiger partial charge in [-0.3, -0.25) is 10.9 Å². The second kappa shape index (κ2) is 12.0. The van der Waals surface area contributed by atoms with E-state index in [4.69, 9.17) is 0 Å². The summed E-state index contributed by atoms with van der Waals surface area (Å²) in [6.07, 6.45) is 8.72. The molecule has 0 amide bonds. The first-order valence-electron chi connectivity index (χ1n) is 13.1. The van der Waals surface area contributed by atoms with Crippen LogP contribution in [-0.2, 0) is 6.54 Å². The van der Waals surface area contributed by atoms with E-state index >= 15 is 0 Å². The normalized spacial score (nSPS) is 11.7. The number of aryl methyl sites for hydroxylation is 1. The van der Waals surface area contributed by atoms with Gasteiger partial charge in [-0.1, -0.05) is 74.7 Å². The van der Waals surface area contributed by atoms with Crippen molar-refractivity contribution in [2.75, 3.05) is 10.9 Å². The van der Waals surface area contributed by atoms with Gasteiger partial charge in [0.2, 0.25) is 0 Å². The summed E-state index contributed by atoms with van der Waals surface area (Å²) in [6.45, 7) is 3.28. The minimum absolute atomic E-state index is 0.969. The van der Waals surface area contributed by atoms with E-state index in [0.717, 1.165) is 29.0 Å². The number of hydrogen-bond donors (Lipinski definition) is 2. The first-order valence-corrected chi connectivity index (χ1v) is 13.1. The van der Waals surface area contributed by atoms with Crippen molar-refractivity contribution in [3.8, 4) is 0 Å². The van der Waals surface area contributed by atoms with Crippen molar-refractivity contribution >= 4 is 45.6 Å². The van der Waals surface area contributed by atoms with Crippen LogP contribution in [-0.4, -0.2) is 17.0 Å². The number of benzene rings is 4. The van der Waals surface area contributed by atoms with E-state index < -0.39 is 0 Å². The van der Waals surface area contributed by atoms with Crippen LogP contribution in [0.15, 0.2) is 107 Å². The first-order chi connectivity index (χ1) is 18.3. The van der Waals surface area contributed by atoms with E-state index in [-0.39, 0.29) is 0 Å². The fraction of sp³-hybridized carbons (Fsp3) is 0.188. The fourth-order valence-electron chi connectivity index (χ4n) is 4.63. The van der Waals surface area contributed by atoms with Gasteiger partial charge in [-0.25, -0.2) is 0 Å². The van der Waals surface area contributed by atoms with Crippen LogP contribution < -0.4 is 10.9 Å². The molecule has 0 aliphatic rings. The molecule has 5 aromatic rings. The van der Waals surface area contributed by atoms with E-state index in [1.165, 1.54) is 47.5 Å². The summed E-state index contributed by atoms with van der Waals surface area (Å²) in [5, 5.41) is 11.4. The van der Waals surface area contributed by atoms with Gasteiger partial charge in [0.25, 0.3) is 0 Å². The number of rotatable bonds is 11. The Balaban J connectivity index is 1.45. The first kappa shape index (κ1) is 24.3. The van der Waals surface area contributed by atoms with E-state index in [1.54, 1.807) is 0 Å². The van der Waals surface area contributed by atoms with Crippen molar-refractivity contribution in [3.05, 3.63) is 108 Å². The molecule has 0 aliphatic carbocycles. The molecule has 0 bridgehead atoms. The summed E-state index contributed by atoms with van der Waals surface area (Å²) >= 11 is 0. The van der Waals surface area contributed by atoms with Gasteiger partial charge in [0.05, 0.1) is 23.8 Å². The number of hydrogen-bond acceptors (Lipinski definition) is 4. The molecule has 0 saturated carbocycles. The SMILES string of the molecule is CCCCCCn1c2ccc(C=NNc3ccccc3)cc2c2cc(C=NNc3ccccc3)ccc21. The Morgan fingerprint density at radius 1 is 0.622 bits per heavy atom. The van der Waals surface area contributed by atoms with E-state index in [0.29, 0.717) is 0 Å². The number of nitrogens with zero attached hydrogens (tertiary/aromatic N) is 3. The summed E-state index contributed by atoms with van der Waals surface area (Å²) in [6, 6.07) is 33.2. The Labute approximate surface area is 218 Å². The predicted molar refractivity (Wildman–Crippen MR) is 159 cm³/mol. The number of para-hydroxylation sites is 2. The lowest BCUT2D eigenvalue weighted by atomic mass is 10.1. The summed E-state index contributed by atoms with van der Waals surface area (Å²) in [7, 11) is 0. The highest BCUT2D eigenvalue weighted by atomic mass is 15.3. The van der Waals surface area contributed by atoms with Crippen molar-refractivity contribution < 1.29 is 0 Å². The molecule has 1 heterocycles. The predicted octanol–water partition coefficient (Wildman–Crippen LogP) is 8.27. The molecule has 1 aromatic heterocycles. The number of anilines is 2. The number of hydrazone groups is 2. The van der Waals surface area contributed by atoms with Gasteiger partial charge in [-0.05, 0) is 66.1 Å². The largest absolute Gasteiger partial charge is 0.340 e. The zero-order valence-electron chi connectivity index (χ0n) is 21.3. The number of aromatic nitrogens is 1. The molecule has 5 rings (SSSR count). The molecule has 0 atom stereocenters. The molecule has 2 N–H and O–H groups in total. The second-order valence-corrected chi connectivity index (χ2v) is 9.24. The Morgan fingerprint density at radius 3 is 1.62 bits per heavy atom. The van der Waals surface area contributed by atoms with Crippen LogP contribution in [0.2, 0.25) is 0 Å². The van der Waals surface area contributed by atoms with Crippen LogP contribution >= 0.6 is 0 Å². The van der Waals surface area contributed by atoms with Crippen LogP contribution in [0.4, 0.5) is 11.4 Å². The van der Waals surface area contributed by atoms with Crippen molar-refractivity contribution in [3.63, 3.8) is 0 Å². The third-order valence-electron chi connectivity index (χ3n) is 6.51. The van der Waals surface area contributed by atoms with E-state index in [9.17, 15) is 0 Å². The Morgan fingerprint density at radius 2 is 1.14 bits per heavy atom. The van der Waals surface area contributed by atoms with Crippen molar-refractivity contribution in [2.45, 2.75) is 39.2 Å². The lowest BCUT2D eigenvalue weighted by Crippen LogP contribution is -1.98. The fourth-order valence-corrected chi connectivity index (χ4v) is 4.63. The van der Waals surface area contributed by atoms with Gasteiger partial charge < -0.3 is 4.57 Å². The molecule has 4 aromatic carbocycles. The van der Waals surface area contributed by atoms with E-state index in [1.807, 2.05) is 73.1 Å². The van der Waals surface area contributed by atoms with Crippen molar-refractivity contribution in [2.24, 2.45) is 10.2 Å². The molecule has 0 fully saturated rings.